The highest BCUT2D eigenvalue weighted by Crippen LogP contribution is 2.15. The third kappa shape index (κ3) is 3.57. The summed E-state index contributed by atoms with van der Waals surface area (Å²) < 4.78 is 5.06. The molecule has 0 aliphatic rings. The molecular weight excluding hydrogens is 232 g/mol. The van der Waals surface area contributed by atoms with Crippen LogP contribution < -0.4 is 0 Å². The van der Waals surface area contributed by atoms with E-state index in [1.54, 1.807) is 4.90 Å². The predicted octanol–water partition coefficient (Wildman–Crippen LogP) is 1.45. The Hall–Kier alpha value is -1.36. The van der Waals surface area contributed by atoms with Crippen molar-refractivity contribution in [1.29, 1.82) is 0 Å². The molecule has 0 fully saturated rings. The molecule has 0 radical (unpaired) electrons. The molecule has 1 aromatic rings. The summed E-state index contributed by atoms with van der Waals surface area (Å²) in [5.41, 5.74) is 1.64. The van der Waals surface area contributed by atoms with Crippen LogP contribution in [-0.4, -0.2) is 40.3 Å². The minimum absolute atomic E-state index is 0.0489. The van der Waals surface area contributed by atoms with E-state index in [-0.39, 0.29) is 18.6 Å². The number of rotatable bonds is 6. The van der Waals surface area contributed by atoms with E-state index >= 15 is 0 Å². The van der Waals surface area contributed by atoms with Crippen LogP contribution in [0.25, 0.3) is 0 Å². The molecule has 1 heterocycles. The van der Waals surface area contributed by atoms with Crippen LogP contribution in [0.15, 0.2) is 4.52 Å². The zero-order valence-electron chi connectivity index (χ0n) is 11.6. The lowest BCUT2D eigenvalue weighted by Crippen LogP contribution is -2.39. The maximum absolute atomic E-state index is 12.2. The number of hydrogen-bond donors (Lipinski definition) is 1. The van der Waals surface area contributed by atoms with Gasteiger partial charge in [0.15, 0.2) is 0 Å². The molecule has 1 rings (SSSR count). The fourth-order valence-electron chi connectivity index (χ4n) is 1.92. The molecule has 102 valence electrons. The fourth-order valence-corrected chi connectivity index (χ4v) is 1.92. The minimum atomic E-state index is 0.0489. The summed E-state index contributed by atoms with van der Waals surface area (Å²) in [4.78, 5) is 14.0. The average Bonchev–Trinajstić information content (AvgIpc) is 2.61. The van der Waals surface area contributed by atoms with E-state index in [9.17, 15) is 4.79 Å². The van der Waals surface area contributed by atoms with E-state index < -0.39 is 0 Å². The Kier molecular flexibility index (Phi) is 5.34. The third-order valence-electron chi connectivity index (χ3n) is 3.01. The fraction of sp³-hybridized carbons (Fsp3) is 0.692. The summed E-state index contributed by atoms with van der Waals surface area (Å²) in [6.07, 6.45) is 0.913. The average molecular weight is 254 g/mol. The molecule has 5 heteroatoms. The highest BCUT2D eigenvalue weighted by molar-refractivity contribution is 5.79. The number of amides is 1. The Bertz CT molecular complexity index is 379. The molecule has 1 amide bonds. The first kappa shape index (κ1) is 14.7. The quantitative estimate of drug-likeness (QED) is 0.834. The highest BCUT2D eigenvalue weighted by atomic mass is 16.5. The lowest BCUT2D eigenvalue weighted by molar-refractivity contribution is -0.132. The highest BCUT2D eigenvalue weighted by Gasteiger charge is 2.20. The Morgan fingerprint density at radius 3 is 2.56 bits per heavy atom. The molecule has 1 N–H and O–H groups in total. The lowest BCUT2D eigenvalue weighted by Gasteiger charge is -2.26. The van der Waals surface area contributed by atoms with Gasteiger partial charge >= 0.3 is 0 Å². The van der Waals surface area contributed by atoms with E-state index in [0.717, 1.165) is 11.3 Å². The van der Waals surface area contributed by atoms with Gasteiger partial charge < -0.3 is 14.5 Å². The Labute approximate surface area is 108 Å². The van der Waals surface area contributed by atoms with Gasteiger partial charge in [0, 0.05) is 24.8 Å². The standard InChI is InChI=1S/C13H22N2O3/c1-9(2)15(6-5-7-16)13(17)8-12-10(3)14-18-11(12)4/h9,16H,5-8H2,1-4H3. The molecule has 0 atom stereocenters. The molecule has 0 saturated heterocycles. The van der Waals surface area contributed by atoms with Crippen LogP contribution in [-0.2, 0) is 11.2 Å². The molecule has 0 unspecified atom stereocenters. The predicted molar refractivity (Wildman–Crippen MR) is 68.2 cm³/mol. The minimum Gasteiger partial charge on any atom is -0.396 e. The third-order valence-corrected chi connectivity index (χ3v) is 3.01. The van der Waals surface area contributed by atoms with Crippen molar-refractivity contribution < 1.29 is 14.4 Å². The molecule has 5 nitrogen and oxygen atoms in total. The molecule has 0 aliphatic carbocycles. The second-order valence-electron chi connectivity index (χ2n) is 4.74. The normalized spacial score (nSPS) is 11.0. The van der Waals surface area contributed by atoms with Crippen molar-refractivity contribution in [1.82, 2.24) is 10.1 Å². The van der Waals surface area contributed by atoms with Crippen molar-refractivity contribution in [3.05, 3.63) is 17.0 Å². The molecule has 18 heavy (non-hydrogen) atoms. The number of aryl methyl sites for hydroxylation is 2. The number of aliphatic hydroxyl groups is 1. The molecule has 0 bridgehead atoms. The van der Waals surface area contributed by atoms with Crippen LogP contribution >= 0.6 is 0 Å². The van der Waals surface area contributed by atoms with Gasteiger partial charge in [0.1, 0.15) is 5.76 Å². The Morgan fingerprint density at radius 2 is 2.11 bits per heavy atom. The molecule has 1 aromatic heterocycles. The maximum Gasteiger partial charge on any atom is 0.227 e. The summed E-state index contributed by atoms with van der Waals surface area (Å²) in [5.74, 6) is 0.750. The monoisotopic (exact) mass is 254 g/mol. The van der Waals surface area contributed by atoms with Crippen molar-refractivity contribution in [3.63, 3.8) is 0 Å². The van der Waals surface area contributed by atoms with E-state index in [4.69, 9.17) is 9.63 Å². The van der Waals surface area contributed by atoms with Crippen LogP contribution in [0.3, 0.4) is 0 Å². The zero-order chi connectivity index (χ0) is 13.7. The first-order valence-electron chi connectivity index (χ1n) is 6.29. The van der Waals surface area contributed by atoms with E-state index in [0.29, 0.717) is 25.1 Å². The zero-order valence-corrected chi connectivity index (χ0v) is 11.6. The van der Waals surface area contributed by atoms with Crippen molar-refractivity contribution in [2.24, 2.45) is 0 Å². The van der Waals surface area contributed by atoms with Gasteiger partial charge in [-0.3, -0.25) is 4.79 Å². The van der Waals surface area contributed by atoms with Gasteiger partial charge in [0.05, 0.1) is 12.1 Å². The number of nitrogens with zero attached hydrogens (tertiary/aromatic N) is 2. The smallest absolute Gasteiger partial charge is 0.227 e. The summed E-state index contributed by atoms with van der Waals surface area (Å²) in [6.45, 7) is 8.28. The van der Waals surface area contributed by atoms with Gasteiger partial charge in [-0.1, -0.05) is 5.16 Å². The van der Waals surface area contributed by atoms with Gasteiger partial charge in [-0.2, -0.15) is 0 Å². The van der Waals surface area contributed by atoms with Crippen molar-refractivity contribution in [3.8, 4) is 0 Å². The van der Waals surface area contributed by atoms with Gasteiger partial charge in [-0.15, -0.1) is 0 Å². The topological polar surface area (TPSA) is 66.6 Å². The second-order valence-corrected chi connectivity index (χ2v) is 4.74. The van der Waals surface area contributed by atoms with Gasteiger partial charge in [-0.25, -0.2) is 0 Å². The van der Waals surface area contributed by atoms with Gasteiger partial charge in [0.25, 0.3) is 0 Å². The van der Waals surface area contributed by atoms with Crippen LogP contribution in [0.1, 0.15) is 37.3 Å². The lowest BCUT2D eigenvalue weighted by atomic mass is 10.1. The molecule has 0 saturated carbocycles. The largest absolute Gasteiger partial charge is 0.396 e. The van der Waals surface area contributed by atoms with E-state index in [2.05, 4.69) is 5.16 Å². The molecule has 0 aliphatic heterocycles. The number of hydrogen-bond acceptors (Lipinski definition) is 4. The summed E-state index contributed by atoms with van der Waals surface area (Å²) in [6, 6.07) is 0.129. The molecule has 0 spiro atoms. The van der Waals surface area contributed by atoms with Crippen LogP contribution in [0, 0.1) is 13.8 Å². The maximum atomic E-state index is 12.2. The Balaban J connectivity index is 2.73. The van der Waals surface area contributed by atoms with Crippen molar-refractivity contribution in [2.45, 2.75) is 46.6 Å². The number of aliphatic hydroxyl groups excluding tert-OH is 1. The summed E-state index contributed by atoms with van der Waals surface area (Å²) in [5, 5.41) is 12.7. The number of carbonyl (C=O) groups excluding carboxylic acids is 1. The van der Waals surface area contributed by atoms with E-state index in [1.165, 1.54) is 0 Å². The van der Waals surface area contributed by atoms with Crippen LogP contribution in [0.2, 0.25) is 0 Å². The summed E-state index contributed by atoms with van der Waals surface area (Å²) in [7, 11) is 0. The summed E-state index contributed by atoms with van der Waals surface area (Å²) >= 11 is 0. The molecular formula is C13H22N2O3. The Morgan fingerprint density at radius 1 is 1.44 bits per heavy atom. The van der Waals surface area contributed by atoms with Crippen molar-refractivity contribution in [2.75, 3.05) is 13.2 Å². The number of aromatic nitrogens is 1. The second kappa shape index (κ2) is 6.54. The van der Waals surface area contributed by atoms with Crippen LogP contribution in [0.5, 0.6) is 0 Å². The first-order valence-corrected chi connectivity index (χ1v) is 6.29. The molecule has 0 aromatic carbocycles. The van der Waals surface area contributed by atoms with Crippen molar-refractivity contribution >= 4 is 5.91 Å². The SMILES string of the molecule is Cc1noc(C)c1CC(=O)N(CCCO)C(C)C. The van der Waals surface area contributed by atoms with Gasteiger partial charge in [-0.05, 0) is 34.1 Å². The van der Waals surface area contributed by atoms with Gasteiger partial charge in [0.2, 0.25) is 5.91 Å². The first-order chi connectivity index (χ1) is 8.47. The van der Waals surface area contributed by atoms with E-state index in [1.807, 2.05) is 27.7 Å². The number of carbonyl (C=O) groups is 1. The van der Waals surface area contributed by atoms with Crippen LogP contribution in [0.4, 0.5) is 0 Å².